The summed E-state index contributed by atoms with van der Waals surface area (Å²) in [6.45, 7) is 8.66. The van der Waals surface area contributed by atoms with Crippen molar-refractivity contribution in [1.82, 2.24) is 4.98 Å². The van der Waals surface area contributed by atoms with Crippen LogP contribution in [-0.2, 0) is 5.41 Å². The first-order valence-corrected chi connectivity index (χ1v) is 6.43. The maximum absolute atomic E-state index is 4.62. The second-order valence-electron chi connectivity index (χ2n) is 5.14. The van der Waals surface area contributed by atoms with E-state index in [2.05, 4.69) is 61.6 Å². The first-order valence-electron chi connectivity index (χ1n) is 5.48. The number of hydrogen-bond donors (Lipinski definition) is 0. The van der Waals surface area contributed by atoms with Crippen molar-refractivity contribution < 1.29 is 0 Å². The standard InChI is InChI=1S/C14H17NS/c1-10-7-12(11-5-6-16-9-11)8-13(15-10)14(2,3)4/h5-9H,1-4H3. The zero-order chi connectivity index (χ0) is 11.8. The third kappa shape index (κ3) is 2.33. The van der Waals surface area contributed by atoms with Gasteiger partial charge in [0.05, 0.1) is 0 Å². The van der Waals surface area contributed by atoms with Crippen molar-refractivity contribution in [2.24, 2.45) is 0 Å². The van der Waals surface area contributed by atoms with Crippen LogP contribution in [0.4, 0.5) is 0 Å². The summed E-state index contributed by atoms with van der Waals surface area (Å²) in [6.07, 6.45) is 0. The van der Waals surface area contributed by atoms with E-state index in [1.165, 1.54) is 11.1 Å². The Bertz CT molecular complexity index is 478. The second-order valence-corrected chi connectivity index (χ2v) is 5.92. The molecule has 0 radical (unpaired) electrons. The highest BCUT2D eigenvalue weighted by Gasteiger charge is 2.16. The fourth-order valence-corrected chi connectivity index (χ4v) is 2.31. The number of aromatic nitrogens is 1. The zero-order valence-electron chi connectivity index (χ0n) is 10.2. The second kappa shape index (κ2) is 4.02. The molecule has 1 nitrogen and oxygen atoms in total. The van der Waals surface area contributed by atoms with E-state index in [0.717, 1.165) is 11.4 Å². The molecule has 2 heterocycles. The number of aryl methyl sites for hydroxylation is 1. The van der Waals surface area contributed by atoms with Crippen LogP contribution in [0.25, 0.3) is 11.1 Å². The molecule has 84 valence electrons. The van der Waals surface area contributed by atoms with Crippen molar-refractivity contribution in [3.8, 4) is 11.1 Å². The third-order valence-electron chi connectivity index (χ3n) is 2.58. The molecule has 0 bridgehead atoms. The minimum Gasteiger partial charge on any atom is -0.258 e. The molecule has 0 aliphatic heterocycles. The summed E-state index contributed by atoms with van der Waals surface area (Å²) in [5, 5.41) is 4.29. The van der Waals surface area contributed by atoms with Crippen LogP contribution in [0.1, 0.15) is 32.2 Å². The van der Waals surface area contributed by atoms with E-state index in [1.807, 2.05) is 0 Å². The molecule has 0 spiro atoms. The van der Waals surface area contributed by atoms with Gasteiger partial charge in [-0.1, -0.05) is 20.8 Å². The summed E-state index contributed by atoms with van der Waals surface area (Å²) in [5.41, 5.74) is 4.93. The highest BCUT2D eigenvalue weighted by molar-refractivity contribution is 7.08. The molecule has 0 saturated heterocycles. The maximum atomic E-state index is 4.62. The lowest BCUT2D eigenvalue weighted by Crippen LogP contribution is -2.14. The van der Waals surface area contributed by atoms with Crippen molar-refractivity contribution in [2.45, 2.75) is 33.1 Å². The lowest BCUT2D eigenvalue weighted by atomic mass is 9.90. The van der Waals surface area contributed by atoms with Gasteiger partial charge in [-0.25, -0.2) is 0 Å². The van der Waals surface area contributed by atoms with E-state index in [0.29, 0.717) is 0 Å². The molecule has 16 heavy (non-hydrogen) atoms. The molecule has 0 atom stereocenters. The molecule has 0 fully saturated rings. The molecule has 2 aromatic heterocycles. The Morgan fingerprint density at radius 2 is 1.88 bits per heavy atom. The summed E-state index contributed by atoms with van der Waals surface area (Å²) < 4.78 is 0. The van der Waals surface area contributed by atoms with Crippen LogP contribution >= 0.6 is 11.3 Å². The molecular formula is C14H17NS. The van der Waals surface area contributed by atoms with Crippen molar-refractivity contribution in [3.63, 3.8) is 0 Å². The molecule has 0 saturated carbocycles. The van der Waals surface area contributed by atoms with Gasteiger partial charge in [-0.15, -0.1) is 0 Å². The topological polar surface area (TPSA) is 12.9 Å². The first-order chi connectivity index (χ1) is 7.47. The van der Waals surface area contributed by atoms with E-state index >= 15 is 0 Å². The van der Waals surface area contributed by atoms with Gasteiger partial charge in [0, 0.05) is 16.8 Å². The van der Waals surface area contributed by atoms with Gasteiger partial charge in [0.25, 0.3) is 0 Å². The van der Waals surface area contributed by atoms with Crippen LogP contribution in [0, 0.1) is 6.92 Å². The lowest BCUT2D eigenvalue weighted by Gasteiger charge is -2.19. The predicted octanol–water partition coefficient (Wildman–Crippen LogP) is 4.42. The van der Waals surface area contributed by atoms with Crippen LogP contribution in [0.15, 0.2) is 29.0 Å². The van der Waals surface area contributed by atoms with Crippen LogP contribution in [0.3, 0.4) is 0 Å². The SMILES string of the molecule is Cc1cc(-c2ccsc2)cc(C(C)(C)C)n1. The smallest absolute Gasteiger partial charge is 0.0466 e. The maximum Gasteiger partial charge on any atom is 0.0466 e. The fraction of sp³-hybridized carbons (Fsp3) is 0.357. The largest absolute Gasteiger partial charge is 0.258 e. The summed E-state index contributed by atoms with van der Waals surface area (Å²) in [5.74, 6) is 0. The molecule has 0 aliphatic carbocycles. The summed E-state index contributed by atoms with van der Waals surface area (Å²) in [4.78, 5) is 4.62. The van der Waals surface area contributed by atoms with Gasteiger partial charge in [0.1, 0.15) is 0 Å². The number of thiophene rings is 1. The van der Waals surface area contributed by atoms with Crippen LogP contribution < -0.4 is 0 Å². The van der Waals surface area contributed by atoms with Crippen LogP contribution in [0.5, 0.6) is 0 Å². The van der Waals surface area contributed by atoms with E-state index in [1.54, 1.807) is 11.3 Å². The quantitative estimate of drug-likeness (QED) is 0.708. The van der Waals surface area contributed by atoms with Gasteiger partial charge < -0.3 is 0 Å². The van der Waals surface area contributed by atoms with Crippen molar-refractivity contribution >= 4 is 11.3 Å². The van der Waals surface area contributed by atoms with E-state index < -0.39 is 0 Å². The molecular weight excluding hydrogens is 214 g/mol. The average molecular weight is 231 g/mol. The third-order valence-corrected chi connectivity index (χ3v) is 3.26. The van der Waals surface area contributed by atoms with Gasteiger partial charge in [0.2, 0.25) is 0 Å². The molecule has 0 aromatic carbocycles. The Hall–Kier alpha value is -1.15. The van der Waals surface area contributed by atoms with Gasteiger partial charge in [-0.2, -0.15) is 11.3 Å². The molecule has 2 aromatic rings. The highest BCUT2D eigenvalue weighted by Crippen LogP contribution is 2.28. The van der Waals surface area contributed by atoms with Crippen molar-refractivity contribution in [3.05, 3.63) is 40.3 Å². The molecule has 2 heteroatoms. The van der Waals surface area contributed by atoms with Gasteiger partial charge in [-0.3, -0.25) is 4.98 Å². The van der Waals surface area contributed by atoms with Gasteiger partial charge >= 0.3 is 0 Å². The Labute approximate surface area is 101 Å². The molecule has 0 aliphatic rings. The Balaban J connectivity index is 2.53. The van der Waals surface area contributed by atoms with Crippen LogP contribution in [-0.4, -0.2) is 4.98 Å². The summed E-state index contributed by atoms with van der Waals surface area (Å²) >= 11 is 1.73. The van der Waals surface area contributed by atoms with E-state index in [9.17, 15) is 0 Å². The van der Waals surface area contributed by atoms with Gasteiger partial charge in [0.15, 0.2) is 0 Å². The number of hydrogen-bond acceptors (Lipinski definition) is 2. The first kappa shape index (κ1) is 11.3. The van der Waals surface area contributed by atoms with Crippen molar-refractivity contribution in [1.29, 1.82) is 0 Å². The number of rotatable bonds is 1. The highest BCUT2D eigenvalue weighted by atomic mass is 32.1. The predicted molar refractivity (Wildman–Crippen MR) is 71.0 cm³/mol. The molecule has 2 rings (SSSR count). The minimum absolute atomic E-state index is 0.108. The van der Waals surface area contributed by atoms with E-state index in [4.69, 9.17) is 0 Å². The Morgan fingerprint density at radius 1 is 1.12 bits per heavy atom. The minimum atomic E-state index is 0.108. The summed E-state index contributed by atoms with van der Waals surface area (Å²) in [7, 11) is 0. The molecule has 0 amide bonds. The Kier molecular flexibility index (Phi) is 2.85. The zero-order valence-corrected chi connectivity index (χ0v) is 11.1. The number of nitrogens with zero attached hydrogens (tertiary/aromatic N) is 1. The normalized spacial score (nSPS) is 11.8. The lowest BCUT2D eigenvalue weighted by molar-refractivity contribution is 0.567. The Morgan fingerprint density at radius 3 is 2.44 bits per heavy atom. The number of pyridine rings is 1. The average Bonchev–Trinajstić information content (AvgIpc) is 2.68. The van der Waals surface area contributed by atoms with Gasteiger partial charge in [-0.05, 0) is 47.0 Å². The molecule has 0 unspecified atom stereocenters. The monoisotopic (exact) mass is 231 g/mol. The van der Waals surface area contributed by atoms with Crippen LogP contribution in [0.2, 0.25) is 0 Å². The fourth-order valence-electron chi connectivity index (χ4n) is 1.65. The molecule has 0 N–H and O–H groups in total. The van der Waals surface area contributed by atoms with E-state index in [-0.39, 0.29) is 5.41 Å². The van der Waals surface area contributed by atoms with Crippen molar-refractivity contribution in [2.75, 3.05) is 0 Å². The summed E-state index contributed by atoms with van der Waals surface area (Å²) in [6, 6.07) is 6.51.